The number of fused-ring (bicyclic) bond motifs is 3. The van der Waals surface area contributed by atoms with Gasteiger partial charge in [-0.1, -0.05) is 60.6 Å². The second kappa shape index (κ2) is 9.99. The Morgan fingerprint density at radius 1 is 1.03 bits per heavy atom. The lowest BCUT2D eigenvalue weighted by Crippen LogP contribution is -2.23. The van der Waals surface area contributed by atoms with Crippen LogP contribution in [-0.2, 0) is 12.3 Å². The Balaban J connectivity index is 1.54. The number of rotatable bonds is 8. The Kier molecular flexibility index (Phi) is 6.65. The fourth-order valence-corrected chi connectivity index (χ4v) is 5.70. The fourth-order valence-electron chi connectivity index (χ4n) is 3.72. The SMILES string of the molecule is CCCOc1ccc(Cn2c(SCc3ccc(C)cc3)nc3c(sc4ncccc43)c2=O)cc1. The molecule has 5 nitrogen and oxygen atoms in total. The molecule has 0 unspecified atom stereocenters. The summed E-state index contributed by atoms with van der Waals surface area (Å²) in [6.45, 7) is 5.31. The van der Waals surface area contributed by atoms with E-state index in [1.807, 2.05) is 36.4 Å². The average Bonchev–Trinajstić information content (AvgIpc) is 3.24. The van der Waals surface area contributed by atoms with Gasteiger partial charge in [0, 0.05) is 17.3 Å². The Morgan fingerprint density at radius 3 is 2.56 bits per heavy atom. The van der Waals surface area contributed by atoms with Crippen LogP contribution in [0.2, 0.25) is 0 Å². The summed E-state index contributed by atoms with van der Waals surface area (Å²) in [7, 11) is 0. The molecule has 0 atom stereocenters. The number of aryl methyl sites for hydroxylation is 1. The molecule has 0 amide bonds. The van der Waals surface area contributed by atoms with E-state index in [1.165, 1.54) is 22.5 Å². The van der Waals surface area contributed by atoms with Gasteiger partial charge in [-0.2, -0.15) is 0 Å². The first kappa shape index (κ1) is 22.6. The van der Waals surface area contributed by atoms with E-state index in [1.54, 1.807) is 22.5 Å². The first-order chi connectivity index (χ1) is 16.6. The molecular formula is C27H25N3O2S2. The van der Waals surface area contributed by atoms with Gasteiger partial charge in [-0.25, -0.2) is 9.97 Å². The van der Waals surface area contributed by atoms with Crippen LogP contribution in [-0.4, -0.2) is 21.1 Å². The van der Waals surface area contributed by atoms with Gasteiger partial charge in [-0.15, -0.1) is 11.3 Å². The van der Waals surface area contributed by atoms with Crippen LogP contribution in [0, 0.1) is 6.92 Å². The molecule has 0 N–H and O–H groups in total. The topological polar surface area (TPSA) is 57.0 Å². The standard InChI is InChI=1S/C27H25N3O2S2/c1-3-15-32-21-12-10-19(11-13-21)16-30-26(31)24-23(22-5-4-14-28-25(22)34-24)29-27(30)33-17-20-8-6-18(2)7-9-20/h4-14H,3,15-17H2,1-2H3. The summed E-state index contributed by atoms with van der Waals surface area (Å²) in [5.41, 5.74) is 4.18. The van der Waals surface area contributed by atoms with Crippen molar-refractivity contribution in [2.45, 2.75) is 37.7 Å². The molecule has 172 valence electrons. The number of nitrogens with zero attached hydrogens (tertiary/aromatic N) is 3. The monoisotopic (exact) mass is 487 g/mol. The molecule has 5 aromatic rings. The normalized spacial score (nSPS) is 11.4. The number of hydrogen-bond donors (Lipinski definition) is 0. The summed E-state index contributed by atoms with van der Waals surface area (Å²) in [5.74, 6) is 1.58. The largest absolute Gasteiger partial charge is 0.494 e. The highest BCUT2D eigenvalue weighted by Gasteiger charge is 2.17. The quantitative estimate of drug-likeness (QED) is 0.186. The van der Waals surface area contributed by atoms with Crippen molar-refractivity contribution in [2.24, 2.45) is 0 Å². The zero-order valence-corrected chi connectivity index (χ0v) is 20.8. The van der Waals surface area contributed by atoms with Gasteiger partial charge in [-0.05, 0) is 48.7 Å². The molecule has 0 radical (unpaired) electrons. The average molecular weight is 488 g/mol. The second-order valence-corrected chi connectivity index (χ2v) is 10.1. The highest BCUT2D eigenvalue weighted by molar-refractivity contribution is 7.98. The van der Waals surface area contributed by atoms with Gasteiger partial charge in [0.15, 0.2) is 5.16 Å². The van der Waals surface area contributed by atoms with Crippen LogP contribution < -0.4 is 10.3 Å². The van der Waals surface area contributed by atoms with Gasteiger partial charge in [0.25, 0.3) is 5.56 Å². The van der Waals surface area contributed by atoms with Crippen molar-refractivity contribution in [3.8, 4) is 5.75 Å². The van der Waals surface area contributed by atoms with E-state index in [2.05, 4.69) is 43.1 Å². The van der Waals surface area contributed by atoms with Crippen molar-refractivity contribution in [1.29, 1.82) is 0 Å². The minimum atomic E-state index is -0.0225. The zero-order valence-electron chi connectivity index (χ0n) is 19.2. The number of aromatic nitrogens is 3. The minimum Gasteiger partial charge on any atom is -0.494 e. The predicted octanol–water partition coefficient (Wildman–Crippen LogP) is 6.44. The number of hydrogen-bond acceptors (Lipinski definition) is 6. The molecule has 0 bridgehead atoms. The van der Waals surface area contributed by atoms with Crippen molar-refractivity contribution < 1.29 is 4.74 Å². The van der Waals surface area contributed by atoms with E-state index in [4.69, 9.17) is 9.72 Å². The van der Waals surface area contributed by atoms with E-state index in [9.17, 15) is 4.79 Å². The second-order valence-electron chi connectivity index (χ2n) is 8.19. The maximum Gasteiger partial charge on any atom is 0.272 e. The number of ether oxygens (including phenoxy) is 1. The number of pyridine rings is 1. The van der Waals surface area contributed by atoms with E-state index in [-0.39, 0.29) is 5.56 Å². The van der Waals surface area contributed by atoms with E-state index in [0.29, 0.717) is 23.0 Å². The summed E-state index contributed by atoms with van der Waals surface area (Å²) in [6, 6.07) is 20.3. The first-order valence-electron chi connectivity index (χ1n) is 11.3. The molecule has 7 heteroatoms. The smallest absolute Gasteiger partial charge is 0.272 e. The summed E-state index contributed by atoms with van der Waals surface area (Å²) < 4.78 is 8.14. The molecular weight excluding hydrogens is 462 g/mol. The van der Waals surface area contributed by atoms with Gasteiger partial charge in [0.2, 0.25) is 0 Å². The Morgan fingerprint density at radius 2 is 1.79 bits per heavy atom. The Bertz CT molecular complexity index is 1490. The fraction of sp³-hybridized carbons (Fsp3) is 0.222. The molecule has 0 aliphatic heterocycles. The van der Waals surface area contributed by atoms with Gasteiger partial charge in [-0.3, -0.25) is 9.36 Å². The van der Waals surface area contributed by atoms with E-state index < -0.39 is 0 Å². The van der Waals surface area contributed by atoms with Crippen LogP contribution in [0.25, 0.3) is 20.4 Å². The van der Waals surface area contributed by atoms with E-state index in [0.717, 1.165) is 39.2 Å². The summed E-state index contributed by atoms with van der Waals surface area (Å²) in [5, 5.41) is 1.65. The molecule has 3 heterocycles. The van der Waals surface area contributed by atoms with Gasteiger partial charge >= 0.3 is 0 Å². The zero-order chi connectivity index (χ0) is 23.5. The molecule has 5 rings (SSSR count). The maximum atomic E-state index is 13.7. The Hall–Kier alpha value is -3.16. The van der Waals surface area contributed by atoms with Gasteiger partial charge in [0.1, 0.15) is 15.3 Å². The van der Waals surface area contributed by atoms with Crippen LogP contribution >= 0.6 is 23.1 Å². The highest BCUT2D eigenvalue weighted by atomic mass is 32.2. The van der Waals surface area contributed by atoms with Crippen molar-refractivity contribution in [3.05, 3.63) is 93.9 Å². The predicted molar refractivity (Wildman–Crippen MR) is 141 cm³/mol. The Labute approximate surface area is 206 Å². The minimum absolute atomic E-state index is 0.0225. The van der Waals surface area contributed by atoms with Crippen molar-refractivity contribution >= 4 is 43.5 Å². The van der Waals surface area contributed by atoms with Crippen LogP contribution in [0.4, 0.5) is 0 Å². The molecule has 34 heavy (non-hydrogen) atoms. The van der Waals surface area contributed by atoms with Crippen molar-refractivity contribution in [2.75, 3.05) is 6.61 Å². The molecule has 0 aliphatic rings. The molecule has 2 aromatic carbocycles. The van der Waals surface area contributed by atoms with Crippen LogP contribution in [0.15, 0.2) is 76.8 Å². The van der Waals surface area contributed by atoms with Crippen LogP contribution in [0.3, 0.4) is 0 Å². The molecule has 0 fully saturated rings. The maximum absolute atomic E-state index is 13.7. The first-order valence-corrected chi connectivity index (χ1v) is 13.1. The molecule has 0 aliphatic carbocycles. The third kappa shape index (κ3) is 4.72. The number of thioether (sulfide) groups is 1. The highest BCUT2D eigenvalue weighted by Crippen LogP contribution is 2.31. The lowest BCUT2D eigenvalue weighted by Gasteiger charge is -2.13. The molecule has 0 saturated carbocycles. The van der Waals surface area contributed by atoms with Crippen LogP contribution in [0.1, 0.15) is 30.0 Å². The summed E-state index contributed by atoms with van der Waals surface area (Å²) in [6.07, 6.45) is 2.72. The summed E-state index contributed by atoms with van der Waals surface area (Å²) in [4.78, 5) is 23.9. The number of benzene rings is 2. The third-order valence-corrected chi connectivity index (χ3v) is 7.68. The lowest BCUT2D eigenvalue weighted by molar-refractivity contribution is 0.317. The molecule has 0 spiro atoms. The van der Waals surface area contributed by atoms with Crippen molar-refractivity contribution in [3.63, 3.8) is 0 Å². The molecule has 0 saturated heterocycles. The third-order valence-electron chi connectivity index (χ3n) is 5.54. The molecule has 3 aromatic heterocycles. The summed E-state index contributed by atoms with van der Waals surface area (Å²) >= 11 is 3.00. The van der Waals surface area contributed by atoms with Crippen molar-refractivity contribution in [1.82, 2.24) is 14.5 Å². The van der Waals surface area contributed by atoms with Crippen LogP contribution in [0.5, 0.6) is 5.75 Å². The lowest BCUT2D eigenvalue weighted by atomic mass is 10.2. The van der Waals surface area contributed by atoms with E-state index >= 15 is 0 Å². The van der Waals surface area contributed by atoms with Gasteiger partial charge in [0.05, 0.1) is 18.7 Å². The van der Waals surface area contributed by atoms with Gasteiger partial charge < -0.3 is 4.74 Å². The number of thiophene rings is 1.